The Balaban J connectivity index is 2.17. The topological polar surface area (TPSA) is 26.3 Å². The van der Waals surface area contributed by atoms with Crippen molar-refractivity contribution in [3.63, 3.8) is 0 Å². The third-order valence-corrected chi connectivity index (χ3v) is 2.87. The average molecular weight is 234 g/mol. The van der Waals surface area contributed by atoms with E-state index in [1.807, 2.05) is 18.2 Å². The molecule has 1 atom stereocenters. The molecule has 0 heterocycles. The fraction of sp³-hybridized carbons (Fsp3) is 0.533. The molecule has 0 fully saturated rings. The zero-order valence-electron chi connectivity index (χ0n) is 10.8. The Labute approximate surface area is 104 Å². The summed E-state index contributed by atoms with van der Waals surface area (Å²) in [6, 6.07) is 9.15. The molecule has 0 N–H and O–H groups in total. The zero-order valence-corrected chi connectivity index (χ0v) is 10.8. The van der Waals surface area contributed by atoms with Crippen LogP contribution in [0.5, 0.6) is 0 Å². The fourth-order valence-electron chi connectivity index (χ4n) is 1.89. The van der Waals surface area contributed by atoms with Crippen LogP contribution in [-0.2, 0) is 4.74 Å². The van der Waals surface area contributed by atoms with Gasteiger partial charge in [0.25, 0.3) is 0 Å². The highest BCUT2D eigenvalue weighted by molar-refractivity contribution is 5.89. The Hall–Kier alpha value is -1.31. The molecule has 17 heavy (non-hydrogen) atoms. The van der Waals surface area contributed by atoms with Gasteiger partial charge in [-0.25, -0.2) is 4.79 Å². The first-order chi connectivity index (χ1) is 8.24. The van der Waals surface area contributed by atoms with E-state index < -0.39 is 0 Å². The summed E-state index contributed by atoms with van der Waals surface area (Å²) >= 11 is 0. The van der Waals surface area contributed by atoms with E-state index in [-0.39, 0.29) is 5.97 Å². The zero-order chi connectivity index (χ0) is 12.5. The lowest BCUT2D eigenvalue weighted by atomic mass is 10.0. The van der Waals surface area contributed by atoms with Crippen LogP contribution in [-0.4, -0.2) is 12.6 Å². The smallest absolute Gasteiger partial charge is 0.338 e. The second-order valence-corrected chi connectivity index (χ2v) is 4.54. The van der Waals surface area contributed by atoms with E-state index in [2.05, 4.69) is 13.8 Å². The molecule has 1 rings (SSSR count). The number of hydrogen-bond acceptors (Lipinski definition) is 2. The largest absolute Gasteiger partial charge is 0.462 e. The summed E-state index contributed by atoms with van der Waals surface area (Å²) < 4.78 is 5.22. The monoisotopic (exact) mass is 234 g/mol. The van der Waals surface area contributed by atoms with Crippen LogP contribution in [0.2, 0.25) is 0 Å². The second kappa shape index (κ2) is 7.88. The molecule has 0 radical (unpaired) electrons. The molecule has 2 nitrogen and oxygen atoms in total. The Morgan fingerprint density at radius 2 is 1.94 bits per heavy atom. The van der Waals surface area contributed by atoms with Gasteiger partial charge in [-0.2, -0.15) is 0 Å². The van der Waals surface area contributed by atoms with Gasteiger partial charge < -0.3 is 4.74 Å². The van der Waals surface area contributed by atoms with Crippen molar-refractivity contribution in [2.24, 2.45) is 5.92 Å². The van der Waals surface area contributed by atoms with Crippen LogP contribution in [0.25, 0.3) is 0 Å². The molecular weight excluding hydrogens is 212 g/mol. The van der Waals surface area contributed by atoms with Crippen LogP contribution < -0.4 is 0 Å². The lowest BCUT2D eigenvalue weighted by Gasteiger charge is -2.09. The van der Waals surface area contributed by atoms with Gasteiger partial charge in [0.2, 0.25) is 0 Å². The van der Waals surface area contributed by atoms with Crippen molar-refractivity contribution in [1.82, 2.24) is 0 Å². The normalized spacial score (nSPS) is 12.1. The molecule has 1 aromatic rings. The van der Waals surface area contributed by atoms with Crippen molar-refractivity contribution < 1.29 is 9.53 Å². The summed E-state index contributed by atoms with van der Waals surface area (Å²) in [7, 11) is 0. The average Bonchev–Trinajstić information content (AvgIpc) is 2.36. The van der Waals surface area contributed by atoms with E-state index in [1.54, 1.807) is 12.1 Å². The lowest BCUT2D eigenvalue weighted by molar-refractivity contribution is 0.0493. The van der Waals surface area contributed by atoms with Gasteiger partial charge in [0.15, 0.2) is 0 Å². The van der Waals surface area contributed by atoms with Crippen molar-refractivity contribution >= 4 is 5.97 Å². The van der Waals surface area contributed by atoms with E-state index in [9.17, 15) is 4.79 Å². The maximum absolute atomic E-state index is 11.6. The van der Waals surface area contributed by atoms with Crippen LogP contribution in [0, 0.1) is 5.92 Å². The predicted molar refractivity (Wildman–Crippen MR) is 70.0 cm³/mol. The molecule has 0 aliphatic heterocycles. The van der Waals surface area contributed by atoms with Gasteiger partial charge in [-0.05, 0) is 30.9 Å². The van der Waals surface area contributed by atoms with E-state index in [0.717, 1.165) is 18.8 Å². The summed E-state index contributed by atoms with van der Waals surface area (Å²) in [5.74, 6) is 0.518. The Bertz CT molecular complexity index is 319. The Morgan fingerprint density at radius 1 is 1.24 bits per heavy atom. The summed E-state index contributed by atoms with van der Waals surface area (Å²) in [4.78, 5) is 11.6. The Kier molecular flexibility index (Phi) is 6.38. The minimum absolute atomic E-state index is 0.214. The number of carbonyl (C=O) groups is 1. The van der Waals surface area contributed by atoms with Gasteiger partial charge in [-0.15, -0.1) is 0 Å². The van der Waals surface area contributed by atoms with Crippen molar-refractivity contribution in [2.75, 3.05) is 6.61 Å². The van der Waals surface area contributed by atoms with Crippen LogP contribution in [0.15, 0.2) is 30.3 Å². The van der Waals surface area contributed by atoms with Crippen LogP contribution >= 0.6 is 0 Å². The number of esters is 1. The minimum Gasteiger partial charge on any atom is -0.462 e. The van der Waals surface area contributed by atoms with E-state index >= 15 is 0 Å². The minimum atomic E-state index is -0.214. The van der Waals surface area contributed by atoms with Crippen molar-refractivity contribution in [2.45, 2.75) is 39.5 Å². The molecule has 0 saturated carbocycles. The van der Waals surface area contributed by atoms with Gasteiger partial charge in [0.05, 0.1) is 12.2 Å². The molecule has 0 bridgehead atoms. The molecular formula is C15H22O2. The lowest BCUT2D eigenvalue weighted by Crippen LogP contribution is -2.07. The Morgan fingerprint density at radius 3 is 2.59 bits per heavy atom. The molecule has 2 heteroatoms. The number of carbonyl (C=O) groups excluding carboxylic acids is 1. The molecule has 0 aliphatic rings. The first-order valence-electron chi connectivity index (χ1n) is 6.46. The summed E-state index contributed by atoms with van der Waals surface area (Å²) in [5, 5.41) is 0. The molecule has 1 unspecified atom stereocenters. The SMILES string of the molecule is CCCC(C)CCCOC(=O)c1ccccc1. The fourth-order valence-corrected chi connectivity index (χ4v) is 1.89. The van der Waals surface area contributed by atoms with Crippen molar-refractivity contribution in [3.05, 3.63) is 35.9 Å². The molecule has 1 aromatic carbocycles. The van der Waals surface area contributed by atoms with Gasteiger partial charge in [0.1, 0.15) is 0 Å². The number of hydrogen-bond donors (Lipinski definition) is 0. The second-order valence-electron chi connectivity index (χ2n) is 4.54. The molecule has 0 saturated heterocycles. The molecule has 0 amide bonds. The van der Waals surface area contributed by atoms with Gasteiger partial charge in [-0.3, -0.25) is 0 Å². The first kappa shape index (κ1) is 13.8. The molecule has 94 valence electrons. The summed E-state index contributed by atoms with van der Waals surface area (Å²) in [5.41, 5.74) is 0.633. The van der Waals surface area contributed by atoms with Crippen molar-refractivity contribution in [3.8, 4) is 0 Å². The first-order valence-corrected chi connectivity index (χ1v) is 6.46. The number of ether oxygens (including phenoxy) is 1. The van der Waals surface area contributed by atoms with Gasteiger partial charge >= 0.3 is 5.97 Å². The summed E-state index contributed by atoms with van der Waals surface area (Å²) in [6.45, 7) is 4.98. The van der Waals surface area contributed by atoms with Gasteiger partial charge in [-0.1, -0.05) is 44.9 Å². The van der Waals surface area contributed by atoms with E-state index in [1.165, 1.54) is 12.8 Å². The number of rotatable bonds is 7. The highest BCUT2D eigenvalue weighted by Crippen LogP contribution is 2.12. The number of benzene rings is 1. The van der Waals surface area contributed by atoms with Crippen LogP contribution in [0.3, 0.4) is 0 Å². The summed E-state index contributed by atoms with van der Waals surface area (Å²) in [6.07, 6.45) is 4.58. The van der Waals surface area contributed by atoms with Gasteiger partial charge in [0, 0.05) is 0 Å². The maximum atomic E-state index is 11.6. The third kappa shape index (κ3) is 5.53. The molecule has 0 aliphatic carbocycles. The quantitative estimate of drug-likeness (QED) is 0.525. The standard InChI is InChI=1S/C15H22O2/c1-3-8-13(2)9-7-12-17-15(16)14-10-5-4-6-11-14/h4-6,10-11,13H,3,7-9,12H2,1-2H3. The van der Waals surface area contributed by atoms with E-state index in [4.69, 9.17) is 4.74 Å². The molecule has 0 spiro atoms. The molecule has 0 aromatic heterocycles. The van der Waals surface area contributed by atoms with Crippen LogP contribution in [0.1, 0.15) is 49.9 Å². The van der Waals surface area contributed by atoms with Crippen molar-refractivity contribution in [1.29, 1.82) is 0 Å². The highest BCUT2D eigenvalue weighted by Gasteiger charge is 2.06. The van der Waals surface area contributed by atoms with E-state index in [0.29, 0.717) is 12.2 Å². The maximum Gasteiger partial charge on any atom is 0.338 e. The predicted octanol–water partition coefficient (Wildman–Crippen LogP) is 4.06. The van der Waals surface area contributed by atoms with Crippen LogP contribution in [0.4, 0.5) is 0 Å². The highest BCUT2D eigenvalue weighted by atomic mass is 16.5. The third-order valence-electron chi connectivity index (χ3n) is 2.87.